The van der Waals surface area contributed by atoms with Gasteiger partial charge in [0, 0.05) is 30.5 Å². The quantitative estimate of drug-likeness (QED) is 0.751. The van der Waals surface area contributed by atoms with Gasteiger partial charge in [-0.25, -0.2) is 9.78 Å². The number of carbonyl (C=O) groups is 1. The molecule has 1 aliphatic rings. The number of fused-ring (bicyclic) bond motifs is 1. The third-order valence-electron chi connectivity index (χ3n) is 4.35. The van der Waals surface area contributed by atoms with Gasteiger partial charge >= 0.3 is 6.09 Å². The zero-order valence-corrected chi connectivity index (χ0v) is 14.3. The molecule has 6 nitrogen and oxygen atoms in total. The summed E-state index contributed by atoms with van der Waals surface area (Å²) >= 11 is 0. The van der Waals surface area contributed by atoms with Crippen LogP contribution in [0.4, 0.5) is 10.5 Å². The highest BCUT2D eigenvalue weighted by molar-refractivity contribution is 5.65. The number of carboxylic acid groups (broad SMARTS) is 1. The Morgan fingerprint density at radius 3 is 3.00 bits per heavy atom. The lowest BCUT2D eigenvalue weighted by Gasteiger charge is -2.25. The normalized spacial score (nSPS) is 16.0. The average molecular weight is 341 g/mol. The number of rotatable bonds is 6. The Bertz CT molecular complexity index is 748. The fourth-order valence-corrected chi connectivity index (χ4v) is 3.15. The van der Waals surface area contributed by atoms with Gasteiger partial charge in [0.15, 0.2) is 0 Å². The summed E-state index contributed by atoms with van der Waals surface area (Å²) < 4.78 is 5.42. The molecule has 1 aliphatic carbocycles. The molecule has 3 rings (SSSR count). The number of nitrogens with zero attached hydrogens (tertiary/aromatic N) is 1. The van der Waals surface area contributed by atoms with Crippen molar-refractivity contribution in [1.29, 1.82) is 0 Å². The highest BCUT2D eigenvalue weighted by atomic mass is 16.5. The molecule has 0 saturated carbocycles. The Hall–Kier alpha value is -2.76. The number of ether oxygens (including phenoxy) is 1. The van der Waals surface area contributed by atoms with Gasteiger partial charge in [-0.05, 0) is 61.1 Å². The first-order valence-corrected chi connectivity index (χ1v) is 8.57. The summed E-state index contributed by atoms with van der Waals surface area (Å²) in [4.78, 5) is 15.0. The molecule has 1 heterocycles. The third kappa shape index (κ3) is 4.62. The minimum atomic E-state index is -0.949. The summed E-state index contributed by atoms with van der Waals surface area (Å²) in [7, 11) is 0. The van der Waals surface area contributed by atoms with Crippen LogP contribution in [0.3, 0.4) is 0 Å². The number of aromatic nitrogens is 1. The molecule has 0 saturated heterocycles. The number of amides is 1. The van der Waals surface area contributed by atoms with E-state index in [4.69, 9.17) is 9.84 Å². The van der Waals surface area contributed by atoms with Crippen LogP contribution in [0.1, 0.15) is 30.0 Å². The van der Waals surface area contributed by atoms with Crippen LogP contribution in [-0.4, -0.2) is 28.8 Å². The Kier molecular flexibility index (Phi) is 5.38. The maximum atomic E-state index is 10.8. The molecule has 1 unspecified atom stereocenters. The lowest BCUT2D eigenvalue weighted by atomic mass is 9.88. The molecule has 0 fully saturated rings. The second-order valence-corrected chi connectivity index (χ2v) is 6.16. The molecule has 1 amide bonds. The van der Waals surface area contributed by atoms with Crippen molar-refractivity contribution in [3.8, 4) is 5.88 Å². The first kappa shape index (κ1) is 17.1. The molecule has 0 radical (unpaired) electrons. The largest absolute Gasteiger partial charge is 0.478 e. The van der Waals surface area contributed by atoms with Gasteiger partial charge in [-0.15, -0.1) is 0 Å². The van der Waals surface area contributed by atoms with Crippen molar-refractivity contribution < 1.29 is 14.6 Å². The molecule has 25 heavy (non-hydrogen) atoms. The SMILES string of the molecule is CCOc1cc(CNc2ccc3c(c2)CCC(NC(=O)O)C3)ccn1. The average Bonchev–Trinajstić information content (AvgIpc) is 2.60. The maximum Gasteiger partial charge on any atom is 0.404 e. The number of benzene rings is 1. The smallest absolute Gasteiger partial charge is 0.404 e. The van der Waals surface area contributed by atoms with Crippen molar-refractivity contribution in [2.45, 2.75) is 38.8 Å². The molecule has 1 aromatic carbocycles. The van der Waals surface area contributed by atoms with Crippen molar-refractivity contribution in [3.63, 3.8) is 0 Å². The van der Waals surface area contributed by atoms with Gasteiger partial charge in [0.1, 0.15) is 0 Å². The van der Waals surface area contributed by atoms with Crippen molar-refractivity contribution >= 4 is 11.8 Å². The Labute approximate surface area is 147 Å². The zero-order valence-electron chi connectivity index (χ0n) is 14.3. The molecule has 132 valence electrons. The topological polar surface area (TPSA) is 83.5 Å². The van der Waals surface area contributed by atoms with Crippen LogP contribution in [0.2, 0.25) is 0 Å². The van der Waals surface area contributed by atoms with Crippen LogP contribution in [0, 0.1) is 0 Å². The summed E-state index contributed by atoms with van der Waals surface area (Å²) in [5.74, 6) is 0.643. The van der Waals surface area contributed by atoms with Crippen LogP contribution >= 0.6 is 0 Å². The van der Waals surface area contributed by atoms with E-state index in [1.165, 1.54) is 11.1 Å². The summed E-state index contributed by atoms with van der Waals surface area (Å²) in [5, 5.41) is 14.9. The molecule has 3 N–H and O–H groups in total. The predicted octanol–water partition coefficient (Wildman–Crippen LogP) is 3.22. The zero-order chi connectivity index (χ0) is 17.6. The molecule has 0 spiro atoms. The lowest BCUT2D eigenvalue weighted by Crippen LogP contribution is -2.37. The van der Waals surface area contributed by atoms with Crippen LogP contribution in [0.5, 0.6) is 5.88 Å². The van der Waals surface area contributed by atoms with E-state index >= 15 is 0 Å². The summed E-state index contributed by atoms with van der Waals surface area (Å²) in [6.45, 7) is 3.24. The predicted molar refractivity (Wildman–Crippen MR) is 96.1 cm³/mol. The number of hydrogen-bond donors (Lipinski definition) is 3. The van der Waals surface area contributed by atoms with Gasteiger partial charge in [-0.3, -0.25) is 0 Å². The highest BCUT2D eigenvalue weighted by Gasteiger charge is 2.20. The number of aryl methyl sites for hydroxylation is 1. The molecule has 2 aromatic rings. The van der Waals surface area contributed by atoms with Crippen molar-refractivity contribution in [2.75, 3.05) is 11.9 Å². The van der Waals surface area contributed by atoms with E-state index in [0.29, 0.717) is 19.0 Å². The van der Waals surface area contributed by atoms with Crippen LogP contribution in [0.25, 0.3) is 0 Å². The monoisotopic (exact) mass is 341 g/mol. The fourth-order valence-electron chi connectivity index (χ4n) is 3.15. The van der Waals surface area contributed by atoms with Crippen LogP contribution in [-0.2, 0) is 19.4 Å². The van der Waals surface area contributed by atoms with E-state index in [0.717, 1.165) is 30.5 Å². The number of nitrogens with one attached hydrogen (secondary N) is 2. The summed E-state index contributed by atoms with van der Waals surface area (Å²) in [6.07, 6.45) is 3.29. The van der Waals surface area contributed by atoms with E-state index in [-0.39, 0.29) is 6.04 Å². The first-order chi connectivity index (χ1) is 12.1. The molecule has 1 aromatic heterocycles. The Morgan fingerprint density at radius 2 is 2.20 bits per heavy atom. The van der Waals surface area contributed by atoms with Crippen LogP contribution in [0.15, 0.2) is 36.5 Å². The van der Waals surface area contributed by atoms with Crippen molar-refractivity contribution in [2.24, 2.45) is 0 Å². The van der Waals surface area contributed by atoms with Gasteiger partial charge in [-0.1, -0.05) is 6.07 Å². The number of pyridine rings is 1. The Balaban J connectivity index is 1.61. The standard InChI is InChI=1S/C19H23N3O3/c1-2-25-18-9-13(7-8-20-18)12-21-16-5-3-15-11-17(22-19(23)24)6-4-14(15)10-16/h3,5,7-10,17,21-22H,2,4,6,11-12H2,1H3,(H,23,24). The van der Waals surface area contributed by atoms with Gasteiger partial charge in [0.05, 0.1) is 6.61 Å². The molecular weight excluding hydrogens is 318 g/mol. The Morgan fingerprint density at radius 1 is 1.32 bits per heavy atom. The first-order valence-electron chi connectivity index (χ1n) is 8.57. The lowest BCUT2D eigenvalue weighted by molar-refractivity contribution is 0.188. The highest BCUT2D eigenvalue weighted by Crippen LogP contribution is 2.25. The summed E-state index contributed by atoms with van der Waals surface area (Å²) in [6, 6.07) is 10.2. The molecule has 0 aliphatic heterocycles. The van der Waals surface area contributed by atoms with Crippen molar-refractivity contribution in [1.82, 2.24) is 10.3 Å². The minimum absolute atomic E-state index is 0.0117. The third-order valence-corrected chi connectivity index (χ3v) is 4.35. The van der Waals surface area contributed by atoms with E-state index < -0.39 is 6.09 Å². The molecule has 6 heteroatoms. The maximum absolute atomic E-state index is 10.8. The molecule has 1 atom stereocenters. The second kappa shape index (κ2) is 7.88. The van der Waals surface area contributed by atoms with E-state index in [1.54, 1.807) is 6.20 Å². The van der Waals surface area contributed by atoms with E-state index in [9.17, 15) is 4.79 Å². The molecule has 0 bridgehead atoms. The van der Waals surface area contributed by atoms with Gasteiger partial charge in [0.2, 0.25) is 5.88 Å². The van der Waals surface area contributed by atoms with Gasteiger partial charge in [-0.2, -0.15) is 0 Å². The van der Waals surface area contributed by atoms with E-state index in [1.807, 2.05) is 25.1 Å². The molecular formula is C19H23N3O3. The van der Waals surface area contributed by atoms with Gasteiger partial charge in [0.25, 0.3) is 0 Å². The number of hydrogen-bond acceptors (Lipinski definition) is 4. The number of anilines is 1. The van der Waals surface area contributed by atoms with Crippen LogP contribution < -0.4 is 15.4 Å². The van der Waals surface area contributed by atoms with Crippen molar-refractivity contribution in [3.05, 3.63) is 53.2 Å². The minimum Gasteiger partial charge on any atom is -0.478 e. The second-order valence-electron chi connectivity index (χ2n) is 6.16. The fraction of sp³-hybridized carbons (Fsp3) is 0.368. The van der Waals surface area contributed by atoms with Gasteiger partial charge < -0.3 is 20.5 Å². The summed E-state index contributed by atoms with van der Waals surface area (Å²) in [5.41, 5.74) is 4.69. The van der Waals surface area contributed by atoms with E-state index in [2.05, 4.69) is 27.8 Å².